The van der Waals surface area contributed by atoms with Crippen LogP contribution in [0, 0.1) is 17.7 Å². The van der Waals surface area contributed by atoms with Gasteiger partial charge in [-0.15, -0.1) is 0 Å². The van der Waals surface area contributed by atoms with Gasteiger partial charge in [0.05, 0.1) is 18.4 Å². The van der Waals surface area contributed by atoms with Gasteiger partial charge in [0, 0.05) is 18.8 Å². The molecule has 1 aliphatic rings. The van der Waals surface area contributed by atoms with Gasteiger partial charge in [-0.2, -0.15) is 0 Å². The lowest BCUT2D eigenvalue weighted by Gasteiger charge is -2.21. The van der Waals surface area contributed by atoms with Crippen molar-refractivity contribution in [2.45, 2.75) is 20.3 Å². The Labute approximate surface area is 118 Å². The van der Waals surface area contributed by atoms with Gasteiger partial charge in [0.1, 0.15) is 5.82 Å². The quantitative estimate of drug-likeness (QED) is 0.683. The number of ether oxygens (including phenoxy) is 1. The second-order valence-electron chi connectivity index (χ2n) is 5.62. The summed E-state index contributed by atoms with van der Waals surface area (Å²) in [7, 11) is 1.29. The molecule has 110 valence electrons. The summed E-state index contributed by atoms with van der Waals surface area (Å²) in [4.78, 5) is 13.6. The SMILES string of the molecule is COC(=O)c1cc(N2CCC(C(C)C)C2)c(F)cc1N. The van der Waals surface area contributed by atoms with Gasteiger partial charge >= 0.3 is 5.97 Å². The topological polar surface area (TPSA) is 55.6 Å². The van der Waals surface area contributed by atoms with Gasteiger partial charge in [-0.1, -0.05) is 13.8 Å². The Morgan fingerprint density at radius 1 is 1.50 bits per heavy atom. The summed E-state index contributed by atoms with van der Waals surface area (Å²) in [6.07, 6.45) is 1.04. The van der Waals surface area contributed by atoms with E-state index >= 15 is 0 Å². The van der Waals surface area contributed by atoms with Crippen LogP contribution < -0.4 is 10.6 Å². The first-order valence-electron chi connectivity index (χ1n) is 6.86. The number of hydrogen-bond acceptors (Lipinski definition) is 4. The lowest BCUT2D eigenvalue weighted by molar-refractivity contribution is 0.0602. The molecule has 0 saturated carbocycles. The molecule has 0 spiro atoms. The fraction of sp³-hybridized carbons (Fsp3) is 0.533. The van der Waals surface area contributed by atoms with Gasteiger partial charge in [0.2, 0.25) is 0 Å². The molecule has 1 atom stereocenters. The van der Waals surface area contributed by atoms with E-state index in [1.807, 2.05) is 4.90 Å². The van der Waals surface area contributed by atoms with E-state index in [4.69, 9.17) is 5.73 Å². The molecule has 2 rings (SSSR count). The van der Waals surface area contributed by atoms with Crippen LogP contribution in [-0.2, 0) is 4.74 Å². The molecule has 0 bridgehead atoms. The number of esters is 1. The van der Waals surface area contributed by atoms with Gasteiger partial charge in [-0.05, 0) is 30.4 Å². The lowest BCUT2D eigenvalue weighted by atomic mass is 9.95. The number of carbonyl (C=O) groups excluding carboxylic acids is 1. The highest BCUT2D eigenvalue weighted by molar-refractivity contribution is 5.96. The second kappa shape index (κ2) is 5.69. The van der Waals surface area contributed by atoms with Crippen molar-refractivity contribution in [2.24, 2.45) is 11.8 Å². The molecule has 0 radical (unpaired) electrons. The predicted molar refractivity (Wildman–Crippen MR) is 77.3 cm³/mol. The molecule has 4 nitrogen and oxygen atoms in total. The molecule has 2 N–H and O–H groups in total. The first kappa shape index (κ1) is 14.6. The van der Waals surface area contributed by atoms with E-state index in [9.17, 15) is 9.18 Å². The smallest absolute Gasteiger partial charge is 0.340 e. The fourth-order valence-corrected chi connectivity index (χ4v) is 2.66. The zero-order valence-corrected chi connectivity index (χ0v) is 12.1. The van der Waals surface area contributed by atoms with Gasteiger partial charge < -0.3 is 15.4 Å². The number of rotatable bonds is 3. The number of nitrogen functional groups attached to an aromatic ring is 1. The molecule has 20 heavy (non-hydrogen) atoms. The third kappa shape index (κ3) is 2.71. The average molecular weight is 280 g/mol. The summed E-state index contributed by atoms with van der Waals surface area (Å²) in [5, 5.41) is 0. The Bertz CT molecular complexity index is 517. The second-order valence-corrected chi connectivity index (χ2v) is 5.62. The lowest BCUT2D eigenvalue weighted by Crippen LogP contribution is -2.23. The van der Waals surface area contributed by atoms with Crippen LogP contribution >= 0.6 is 0 Å². The van der Waals surface area contributed by atoms with Crippen molar-refractivity contribution in [1.29, 1.82) is 0 Å². The number of nitrogens with zero attached hydrogens (tertiary/aromatic N) is 1. The van der Waals surface area contributed by atoms with E-state index < -0.39 is 5.97 Å². The van der Waals surface area contributed by atoms with Crippen molar-refractivity contribution in [3.05, 3.63) is 23.5 Å². The highest BCUT2D eigenvalue weighted by Gasteiger charge is 2.27. The highest BCUT2D eigenvalue weighted by atomic mass is 19.1. The predicted octanol–water partition coefficient (Wildman–Crippen LogP) is 2.68. The van der Waals surface area contributed by atoms with Crippen molar-refractivity contribution >= 4 is 17.3 Å². The summed E-state index contributed by atoms with van der Waals surface area (Å²) in [5.41, 5.74) is 6.44. The van der Waals surface area contributed by atoms with Crippen LogP contribution in [0.1, 0.15) is 30.6 Å². The summed E-state index contributed by atoms with van der Waals surface area (Å²) in [6.45, 7) is 5.95. The molecular weight excluding hydrogens is 259 g/mol. The number of anilines is 2. The minimum Gasteiger partial charge on any atom is -0.465 e. The van der Waals surface area contributed by atoms with E-state index in [-0.39, 0.29) is 17.1 Å². The number of nitrogens with two attached hydrogens (primary N) is 1. The van der Waals surface area contributed by atoms with Crippen LogP contribution in [0.2, 0.25) is 0 Å². The number of carbonyl (C=O) groups is 1. The molecule has 0 amide bonds. The molecule has 1 aromatic carbocycles. The van der Waals surface area contributed by atoms with E-state index in [0.29, 0.717) is 17.5 Å². The molecular formula is C15H21FN2O2. The molecule has 0 aromatic heterocycles. The number of methoxy groups -OCH3 is 1. The van der Waals surface area contributed by atoms with E-state index in [1.165, 1.54) is 19.2 Å². The summed E-state index contributed by atoms with van der Waals surface area (Å²) >= 11 is 0. The maximum absolute atomic E-state index is 14.1. The van der Waals surface area contributed by atoms with Crippen LogP contribution in [0.3, 0.4) is 0 Å². The van der Waals surface area contributed by atoms with Crippen molar-refractivity contribution < 1.29 is 13.9 Å². The molecule has 1 heterocycles. The Morgan fingerprint density at radius 2 is 2.20 bits per heavy atom. The molecule has 5 heteroatoms. The monoisotopic (exact) mass is 280 g/mol. The molecule has 1 aliphatic heterocycles. The Hall–Kier alpha value is -1.78. The molecule has 0 aliphatic carbocycles. The molecule has 1 unspecified atom stereocenters. The summed E-state index contributed by atoms with van der Waals surface area (Å²) < 4.78 is 18.8. The van der Waals surface area contributed by atoms with Crippen molar-refractivity contribution in [2.75, 3.05) is 30.8 Å². The number of benzene rings is 1. The first-order valence-corrected chi connectivity index (χ1v) is 6.86. The largest absolute Gasteiger partial charge is 0.465 e. The minimum atomic E-state index is -0.539. The number of hydrogen-bond donors (Lipinski definition) is 1. The summed E-state index contributed by atoms with van der Waals surface area (Å²) in [6, 6.07) is 2.70. The van der Waals surface area contributed by atoms with Gasteiger partial charge in [0.25, 0.3) is 0 Å². The van der Waals surface area contributed by atoms with Crippen LogP contribution in [0.4, 0.5) is 15.8 Å². The van der Waals surface area contributed by atoms with Gasteiger partial charge in [-0.25, -0.2) is 9.18 Å². The van der Waals surface area contributed by atoms with Crippen molar-refractivity contribution in [3.63, 3.8) is 0 Å². The van der Waals surface area contributed by atoms with E-state index in [0.717, 1.165) is 19.5 Å². The normalized spacial score (nSPS) is 18.6. The first-order chi connectivity index (χ1) is 9.43. The molecule has 1 aromatic rings. The van der Waals surface area contributed by atoms with Crippen LogP contribution in [-0.4, -0.2) is 26.2 Å². The van der Waals surface area contributed by atoms with Crippen LogP contribution in [0.25, 0.3) is 0 Å². The molecule has 1 saturated heterocycles. The third-order valence-electron chi connectivity index (χ3n) is 4.03. The third-order valence-corrected chi connectivity index (χ3v) is 4.03. The van der Waals surface area contributed by atoms with E-state index in [2.05, 4.69) is 18.6 Å². The van der Waals surface area contributed by atoms with Gasteiger partial charge in [0.15, 0.2) is 0 Å². The van der Waals surface area contributed by atoms with Crippen LogP contribution in [0.5, 0.6) is 0 Å². The van der Waals surface area contributed by atoms with Crippen molar-refractivity contribution in [3.8, 4) is 0 Å². The standard InChI is InChI=1S/C15H21FN2O2/c1-9(2)10-4-5-18(8-10)14-6-11(15(19)20-3)13(17)7-12(14)16/h6-7,9-10H,4-5,8,17H2,1-3H3. The minimum absolute atomic E-state index is 0.109. The number of halogens is 1. The fourth-order valence-electron chi connectivity index (χ4n) is 2.66. The summed E-state index contributed by atoms with van der Waals surface area (Å²) in [5.74, 6) is 0.188. The van der Waals surface area contributed by atoms with Crippen LogP contribution in [0.15, 0.2) is 12.1 Å². The van der Waals surface area contributed by atoms with Gasteiger partial charge in [-0.3, -0.25) is 0 Å². The van der Waals surface area contributed by atoms with E-state index in [1.54, 1.807) is 0 Å². The highest BCUT2D eigenvalue weighted by Crippen LogP contribution is 2.32. The Morgan fingerprint density at radius 3 is 2.75 bits per heavy atom. The zero-order chi connectivity index (χ0) is 14.9. The maximum Gasteiger partial charge on any atom is 0.340 e. The maximum atomic E-state index is 14.1. The average Bonchev–Trinajstić information content (AvgIpc) is 2.87. The molecule has 1 fully saturated rings. The Kier molecular flexibility index (Phi) is 4.16. The zero-order valence-electron chi connectivity index (χ0n) is 12.1. The Balaban J connectivity index is 2.30. The van der Waals surface area contributed by atoms with Crippen molar-refractivity contribution in [1.82, 2.24) is 0 Å².